The summed E-state index contributed by atoms with van der Waals surface area (Å²) < 4.78 is 73.6. The van der Waals surface area contributed by atoms with Crippen LogP contribution in [0.3, 0.4) is 0 Å². The summed E-state index contributed by atoms with van der Waals surface area (Å²) in [5, 5.41) is -6.18. The van der Waals surface area contributed by atoms with Crippen molar-refractivity contribution in [2.75, 3.05) is 0 Å². The lowest BCUT2D eigenvalue weighted by Gasteiger charge is -2.26. The molecule has 0 aliphatic heterocycles. The molecule has 2 unspecified atom stereocenters. The third-order valence-corrected chi connectivity index (χ3v) is 5.20. The summed E-state index contributed by atoms with van der Waals surface area (Å²) in [7, 11) is -5.15. The highest BCUT2D eigenvalue weighted by atomic mass is 32.2. The van der Waals surface area contributed by atoms with Crippen molar-refractivity contribution in [1.29, 1.82) is 0 Å². The molecule has 1 aliphatic rings. The van der Waals surface area contributed by atoms with E-state index < -0.39 is 43.0 Å². The minimum absolute atomic E-state index is 0.0440. The number of hydrogen-bond acceptors (Lipinski definition) is 0. The highest BCUT2D eigenvalue weighted by Crippen LogP contribution is 2.42. The van der Waals surface area contributed by atoms with Gasteiger partial charge in [0.25, 0.3) is 0 Å². The molecule has 0 aromatic heterocycles. The average molecular weight is 284 g/mol. The molecular formula is C8H10F6S2. The normalized spacial score (nSPS) is 29.6. The van der Waals surface area contributed by atoms with Crippen molar-refractivity contribution in [3.63, 3.8) is 0 Å². The van der Waals surface area contributed by atoms with Gasteiger partial charge in [-0.25, -0.2) is 0 Å². The van der Waals surface area contributed by atoms with Crippen LogP contribution in [0.5, 0.6) is 0 Å². The maximum absolute atomic E-state index is 12.9. The van der Waals surface area contributed by atoms with Crippen LogP contribution < -0.4 is 0 Å². The van der Waals surface area contributed by atoms with Gasteiger partial charge in [0.2, 0.25) is 0 Å². The van der Waals surface area contributed by atoms with E-state index in [0.717, 1.165) is 0 Å². The molecule has 8 heteroatoms. The van der Waals surface area contributed by atoms with E-state index in [0.29, 0.717) is 0 Å². The lowest BCUT2D eigenvalue weighted by Crippen LogP contribution is -2.19. The summed E-state index contributed by atoms with van der Waals surface area (Å²) in [6.45, 7) is 0. The first-order valence-corrected chi connectivity index (χ1v) is 6.95. The molecule has 0 heterocycles. The van der Waals surface area contributed by atoms with Gasteiger partial charge < -0.3 is 0 Å². The zero-order valence-corrected chi connectivity index (χ0v) is 9.70. The topological polar surface area (TPSA) is 0 Å². The highest BCUT2D eigenvalue weighted by molar-refractivity contribution is 8.12. The fourth-order valence-electron chi connectivity index (χ4n) is 1.70. The van der Waals surface area contributed by atoms with E-state index in [1.807, 2.05) is 0 Å². The van der Waals surface area contributed by atoms with Crippen molar-refractivity contribution >= 4 is 32.5 Å². The van der Waals surface area contributed by atoms with Crippen molar-refractivity contribution in [3.05, 3.63) is 0 Å². The first-order valence-electron chi connectivity index (χ1n) is 4.58. The Balaban J connectivity index is 2.59. The molecule has 1 aliphatic carbocycles. The molecule has 16 heavy (non-hydrogen) atoms. The lowest BCUT2D eigenvalue weighted by atomic mass is 10.00. The molecule has 2 atom stereocenters. The molecule has 1 saturated carbocycles. The van der Waals surface area contributed by atoms with E-state index in [9.17, 15) is 25.3 Å². The van der Waals surface area contributed by atoms with E-state index in [4.69, 9.17) is 0 Å². The Hall–Kier alpha value is 0.0200. The molecule has 0 saturated heterocycles. The monoisotopic (exact) mass is 284 g/mol. The van der Waals surface area contributed by atoms with Gasteiger partial charge in [-0.05, 0) is 25.7 Å². The predicted octanol–water partition coefficient (Wildman–Crippen LogP) is 4.66. The average Bonchev–Trinajstić information content (AvgIpc) is 2.27. The molecule has 96 valence electrons. The third-order valence-electron chi connectivity index (χ3n) is 2.50. The molecule has 0 bridgehead atoms. The molecule has 1 fully saturated rings. The number of hydrogen-bond donors (Lipinski definition) is 0. The molecule has 0 nitrogen and oxygen atoms in total. The van der Waals surface area contributed by atoms with E-state index in [1.54, 1.807) is 0 Å². The van der Waals surface area contributed by atoms with Crippen molar-refractivity contribution in [3.8, 4) is 0 Å². The minimum atomic E-state index is -2.58. The van der Waals surface area contributed by atoms with Crippen molar-refractivity contribution in [2.45, 2.75) is 36.2 Å². The van der Waals surface area contributed by atoms with E-state index in [2.05, 4.69) is 0 Å². The van der Waals surface area contributed by atoms with Gasteiger partial charge in [0.1, 0.15) is 0 Å². The predicted molar refractivity (Wildman–Crippen MR) is 57.9 cm³/mol. The Morgan fingerprint density at radius 2 is 0.938 bits per heavy atom. The zero-order chi connectivity index (χ0) is 12.3. The standard InChI is InChI=1S/C8H10F6S2/c9-7(10)15(13)5-1-2-6(4-3-5)16(14)8(11)12/h5-6H,1-4H2. The van der Waals surface area contributed by atoms with Gasteiger partial charge in [-0.15, -0.1) is 0 Å². The maximum Gasteiger partial charge on any atom is 0.324 e. The van der Waals surface area contributed by atoms with Gasteiger partial charge in [-0.2, -0.15) is 25.3 Å². The highest BCUT2D eigenvalue weighted by Gasteiger charge is 2.29. The molecular weight excluding hydrogens is 274 g/mol. The van der Waals surface area contributed by atoms with Crippen LogP contribution in [0.2, 0.25) is 0 Å². The van der Waals surface area contributed by atoms with Crippen LogP contribution in [-0.4, -0.2) is 21.2 Å². The fourth-order valence-corrected chi connectivity index (χ4v) is 3.57. The van der Waals surface area contributed by atoms with Gasteiger partial charge in [-0.1, -0.05) is 0 Å². The molecule has 0 aromatic carbocycles. The number of halogens is 6. The van der Waals surface area contributed by atoms with Gasteiger partial charge in [0, 0.05) is 10.5 Å². The Labute approximate surface area is 94.5 Å². The molecule has 0 aromatic rings. The van der Waals surface area contributed by atoms with Crippen LogP contribution in [0.25, 0.3) is 0 Å². The van der Waals surface area contributed by atoms with Crippen LogP contribution in [-0.2, 0) is 0 Å². The summed E-state index contributed by atoms with van der Waals surface area (Å²) in [6, 6.07) is 0. The molecule has 0 spiro atoms. The summed E-state index contributed by atoms with van der Waals surface area (Å²) in [4.78, 5) is 0. The largest absolute Gasteiger partial charge is 0.324 e. The van der Waals surface area contributed by atoms with E-state index in [1.165, 1.54) is 0 Å². The second-order valence-corrected chi connectivity index (χ2v) is 6.51. The minimum Gasteiger partial charge on any atom is -0.168 e. The van der Waals surface area contributed by atoms with Gasteiger partial charge in [-0.3, -0.25) is 0 Å². The summed E-state index contributed by atoms with van der Waals surface area (Å²) in [5.41, 5.74) is 0. The smallest absolute Gasteiger partial charge is 0.168 e. The SMILES string of the molecule is FC(F)=S(F)C1CCC(S(F)=C(F)F)CC1. The first kappa shape index (κ1) is 14.1. The van der Waals surface area contributed by atoms with Gasteiger partial charge >= 0.3 is 10.7 Å². The van der Waals surface area contributed by atoms with Crippen LogP contribution in [0.15, 0.2) is 0 Å². The Kier molecular flexibility index (Phi) is 5.36. The first-order chi connectivity index (χ1) is 7.43. The van der Waals surface area contributed by atoms with Crippen LogP contribution >= 0.6 is 21.7 Å². The molecule has 0 amide bonds. The summed E-state index contributed by atoms with van der Waals surface area (Å²) in [6.07, 6.45) is 0.176. The van der Waals surface area contributed by atoms with Gasteiger partial charge in [0.05, 0.1) is 21.7 Å². The fraction of sp³-hybridized carbons (Fsp3) is 0.750. The van der Waals surface area contributed by atoms with E-state index in [-0.39, 0.29) is 25.7 Å². The van der Waals surface area contributed by atoms with Crippen LogP contribution in [0.1, 0.15) is 25.7 Å². The Morgan fingerprint density at radius 3 is 1.12 bits per heavy atom. The molecule has 0 radical (unpaired) electrons. The summed E-state index contributed by atoms with van der Waals surface area (Å²) in [5.74, 6) is 0. The number of rotatable bonds is 2. The zero-order valence-electron chi connectivity index (χ0n) is 8.07. The van der Waals surface area contributed by atoms with Crippen molar-refractivity contribution < 1.29 is 25.3 Å². The second-order valence-electron chi connectivity index (χ2n) is 3.42. The van der Waals surface area contributed by atoms with Crippen molar-refractivity contribution in [1.82, 2.24) is 0 Å². The van der Waals surface area contributed by atoms with Crippen molar-refractivity contribution in [2.24, 2.45) is 0 Å². The van der Waals surface area contributed by atoms with Crippen LogP contribution in [0, 0.1) is 0 Å². The second kappa shape index (κ2) is 6.09. The van der Waals surface area contributed by atoms with Gasteiger partial charge in [0.15, 0.2) is 0 Å². The summed E-state index contributed by atoms with van der Waals surface area (Å²) >= 11 is 0. The van der Waals surface area contributed by atoms with Crippen LogP contribution in [0.4, 0.5) is 25.3 Å². The van der Waals surface area contributed by atoms with E-state index >= 15 is 0 Å². The Morgan fingerprint density at radius 1 is 0.688 bits per heavy atom. The maximum atomic E-state index is 12.9. The molecule has 1 rings (SSSR count). The lowest BCUT2D eigenvalue weighted by molar-refractivity contribution is 0.513. The Bertz CT molecular complexity index is 278. The quantitative estimate of drug-likeness (QED) is 0.393. The molecule has 0 N–H and O–H groups in total. The third kappa shape index (κ3) is 3.51.